The summed E-state index contributed by atoms with van der Waals surface area (Å²) in [7, 11) is 0. The Morgan fingerprint density at radius 2 is 2.04 bits per heavy atom. The third kappa shape index (κ3) is 3.70. The van der Waals surface area contributed by atoms with Crippen molar-refractivity contribution in [2.75, 3.05) is 6.54 Å². The van der Waals surface area contributed by atoms with Gasteiger partial charge < -0.3 is 4.90 Å². The molecule has 120 valence electrons. The number of hydrogen-bond donors (Lipinski definition) is 0. The minimum atomic E-state index is 0.215. The summed E-state index contributed by atoms with van der Waals surface area (Å²) in [5.74, 6) is 1.31. The average Bonchev–Trinajstić information content (AvgIpc) is 2.54. The van der Waals surface area contributed by atoms with Gasteiger partial charge in [-0.1, -0.05) is 25.4 Å². The molecular weight excluding hydrogens is 310 g/mol. The fourth-order valence-electron chi connectivity index (χ4n) is 2.75. The Morgan fingerprint density at radius 1 is 1.30 bits per heavy atom. The molecule has 2 heterocycles. The summed E-state index contributed by atoms with van der Waals surface area (Å²) in [5.41, 5.74) is 3.04. The van der Waals surface area contributed by atoms with Crippen LogP contribution in [-0.2, 0) is 17.8 Å². The molecule has 0 saturated carbocycles. The summed E-state index contributed by atoms with van der Waals surface area (Å²) in [6.07, 6.45) is 3.22. The number of halogens is 1. The van der Waals surface area contributed by atoms with Gasteiger partial charge in [-0.15, -0.1) is 0 Å². The molecule has 1 aromatic carbocycles. The molecule has 0 radical (unpaired) electrons. The van der Waals surface area contributed by atoms with Crippen LogP contribution in [0.4, 0.5) is 0 Å². The van der Waals surface area contributed by atoms with E-state index in [0.29, 0.717) is 29.7 Å². The van der Waals surface area contributed by atoms with E-state index in [9.17, 15) is 4.79 Å². The van der Waals surface area contributed by atoms with Crippen molar-refractivity contribution in [1.29, 1.82) is 0 Å². The van der Waals surface area contributed by atoms with Gasteiger partial charge in [-0.25, -0.2) is 9.97 Å². The van der Waals surface area contributed by atoms with E-state index in [1.54, 1.807) is 0 Å². The molecular formula is C18H20ClN3O. The molecule has 1 aromatic heterocycles. The van der Waals surface area contributed by atoms with Crippen molar-refractivity contribution in [3.63, 3.8) is 0 Å². The Morgan fingerprint density at radius 3 is 2.74 bits per heavy atom. The molecule has 4 nitrogen and oxygen atoms in total. The Labute approximate surface area is 141 Å². The van der Waals surface area contributed by atoms with Crippen LogP contribution in [0.1, 0.15) is 31.5 Å². The van der Waals surface area contributed by atoms with E-state index < -0.39 is 0 Å². The second kappa shape index (κ2) is 6.67. The predicted molar refractivity (Wildman–Crippen MR) is 91.1 cm³/mol. The van der Waals surface area contributed by atoms with Crippen molar-refractivity contribution in [1.82, 2.24) is 14.9 Å². The Bertz CT molecular complexity index is 713. The van der Waals surface area contributed by atoms with E-state index >= 15 is 0 Å². The Hall–Kier alpha value is -1.94. The lowest BCUT2D eigenvalue weighted by atomic mass is 10.0. The van der Waals surface area contributed by atoms with Crippen LogP contribution >= 0.6 is 11.6 Å². The quantitative estimate of drug-likeness (QED) is 0.862. The minimum absolute atomic E-state index is 0.215. The van der Waals surface area contributed by atoms with Crippen molar-refractivity contribution in [3.05, 3.63) is 46.7 Å². The van der Waals surface area contributed by atoms with E-state index in [-0.39, 0.29) is 5.91 Å². The number of amides is 1. The van der Waals surface area contributed by atoms with Gasteiger partial charge in [0, 0.05) is 48.3 Å². The number of nitrogens with zero attached hydrogens (tertiary/aromatic N) is 3. The lowest BCUT2D eigenvalue weighted by molar-refractivity contribution is -0.132. The first-order chi connectivity index (χ1) is 11.0. The number of carbonyl (C=O) groups is 1. The van der Waals surface area contributed by atoms with Gasteiger partial charge >= 0.3 is 0 Å². The summed E-state index contributed by atoms with van der Waals surface area (Å²) in [4.78, 5) is 23.3. The van der Waals surface area contributed by atoms with E-state index in [2.05, 4.69) is 23.8 Å². The van der Waals surface area contributed by atoms with E-state index in [1.165, 1.54) is 0 Å². The summed E-state index contributed by atoms with van der Waals surface area (Å²) >= 11 is 5.92. The van der Waals surface area contributed by atoms with Crippen molar-refractivity contribution < 1.29 is 4.79 Å². The summed E-state index contributed by atoms with van der Waals surface area (Å²) < 4.78 is 0. The second-order valence-electron chi connectivity index (χ2n) is 6.34. The fourth-order valence-corrected chi connectivity index (χ4v) is 2.87. The highest BCUT2D eigenvalue weighted by molar-refractivity contribution is 6.30. The molecule has 3 rings (SSSR count). The van der Waals surface area contributed by atoms with Gasteiger partial charge in [0.2, 0.25) is 5.91 Å². The van der Waals surface area contributed by atoms with E-state index in [4.69, 9.17) is 11.6 Å². The summed E-state index contributed by atoms with van der Waals surface area (Å²) in [6.45, 7) is 5.48. The number of aromatic nitrogens is 2. The minimum Gasteiger partial charge on any atom is -0.338 e. The maximum absolute atomic E-state index is 12.2. The smallest absolute Gasteiger partial charge is 0.223 e. The van der Waals surface area contributed by atoms with Crippen LogP contribution in [0, 0.1) is 5.92 Å². The van der Waals surface area contributed by atoms with Crippen LogP contribution in [0.15, 0.2) is 30.5 Å². The third-order valence-electron chi connectivity index (χ3n) is 3.97. The van der Waals surface area contributed by atoms with Gasteiger partial charge in [0.05, 0.1) is 5.69 Å². The normalized spacial score (nSPS) is 14.0. The first-order valence-electron chi connectivity index (χ1n) is 7.91. The van der Waals surface area contributed by atoms with E-state index in [0.717, 1.165) is 29.8 Å². The maximum Gasteiger partial charge on any atom is 0.223 e. The highest BCUT2D eigenvalue weighted by atomic mass is 35.5. The molecule has 2 aromatic rings. The molecule has 5 heteroatoms. The highest BCUT2D eigenvalue weighted by Crippen LogP contribution is 2.23. The zero-order chi connectivity index (χ0) is 16.4. The Balaban J connectivity index is 1.78. The fraction of sp³-hybridized carbons (Fsp3) is 0.389. The number of carbonyl (C=O) groups excluding carboxylic acids is 1. The zero-order valence-corrected chi connectivity index (χ0v) is 14.2. The number of hydrogen-bond acceptors (Lipinski definition) is 3. The first kappa shape index (κ1) is 15.9. The average molecular weight is 330 g/mol. The molecule has 0 spiro atoms. The third-order valence-corrected chi connectivity index (χ3v) is 4.22. The van der Waals surface area contributed by atoms with Crippen LogP contribution < -0.4 is 0 Å². The predicted octanol–water partition coefficient (Wildman–Crippen LogP) is 3.73. The lowest BCUT2D eigenvalue weighted by Crippen LogP contribution is -2.37. The maximum atomic E-state index is 12.2. The number of fused-ring (bicyclic) bond motifs is 1. The topological polar surface area (TPSA) is 46.1 Å². The zero-order valence-electron chi connectivity index (χ0n) is 13.4. The van der Waals surface area contributed by atoms with Gasteiger partial charge in [0.25, 0.3) is 0 Å². The number of benzene rings is 1. The summed E-state index contributed by atoms with van der Waals surface area (Å²) in [5, 5.41) is 0.700. The molecule has 1 aliphatic heterocycles. The van der Waals surface area contributed by atoms with Crippen LogP contribution in [0.5, 0.6) is 0 Å². The molecule has 0 saturated heterocycles. The second-order valence-corrected chi connectivity index (χ2v) is 6.77. The van der Waals surface area contributed by atoms with Gasteiger partial charge in [-0.05, 0) is 30.2 Å². The van der Waals surface area contributed by atoms with Crippen LogP contribution in [0.25, 0.3) is 11.4 Å². The highest BCUT2D eigenvalue weighted by Gasteiger charge is 2.22. The monoisotopic (exact) mass is 329 g/mol. The molecule has 1 aliphatic rings. The van der Waals surface area contributed by atoms with Crippen molar-refractivity contribution in [2.45, 2.75) is 33.2 Å². The molecule has 0 fully saturated rings. The molecule has 0 N–H and O–H groups in total. The van der Waals surface area contributed by atoms with Gasteiger partial charge in [-0.3, -0.25) is 4.79 Å². The van der Waals surface area contributed by atoms with Crippen LogP contribution in [-0.4, -0.2) is 27.3 Å². The van der Waals surface area contributed by atoms with Gasteiger partial charge in [-0.2, -0.15) is 0 Å². The van der Waals surface area contributed by atoms with Crippen molar-refractivity contribution in [3.8, 4) is 11.4 Å². The van der Waals surface area contributed by atoms with E-state index in [1.807, 2.05) is 35.4 Å². The van der Waals surface area contributed by atoms with Crippen LogP contribution in [0.3, 0.4) is 0 Å². The molecule has 1 amide bonds. The standard InChI is InChI=1S/C18H20ClN3O/c1-12(2)9-17(23)22-8-7-16-14(11-22)10-20-18(21-16)13-3-5-15(19)6-4-13/h3-6,10,12H,7-9,11H2,1-2H3. The van der Waals surface area contributed by atoms with Crippen LogP contribution in [0.2, 0.25) is 5.02 Å². The van der Waals surface area contributed by atoms with Crippen molar-refractivity contribution in [2.24, 2.45) is 5.92 Å². The molecule has 0 unspecified atom stereocenters. The molecule has 0 atom stereocenters. The van der Waals surface area contributed by atoms with Gasteiger partial charge in [0.1, 0.15) is 0 Å². The molecule has 0 aliphatic carbocycles. The lowest BCUT2D eigenvalue weighted by Gasteiger charge is -2.28. The van der Waals surface area contributed by atoms with Gasteiger partial charge in [0.15, 0.2) is 5.82 Å². The largest absolute Gasteiger partial charge is 0.338 e. The molecule has 23 heavy (non-hydrogen) atoms. The number of rotatable bonds is 3. The first-order valence-corrected chi connectivity index (χ1v) is 8.29. The van der Waals surface area contributed by atoms with Crippen molar-refractivity contribution >= 4 is 17.5 Å². The molecule has 0 bridgehead atoms. The Kier molecular flexibility index (Phi) is 4.62. The SMILES string of the molecule is CC(C)CC(=O)N1CCc2nc(-c3ccc(Cl)cc3)ncc2C1. The summed E-state index contributed by atoms with van der Waals surface area (Å²) in [6, 6.07) is 7.52.